The van der Waals surface area contributed by atoms with Crippen molar-refractivity contribution in [3.8, 4) is 0 Å². The van der Waals surface area contributed by atoms with Gasteiger partial charge in [-0.3, -0.25) is 0 Å². The van der Waals surface area contributed by atoms with Crippen molar-refractivity contribution in [2.45, 2.75) is 39.5 Å². The summed E-state index contributed by atoms with van der Waals surface area (Å²) in [5, 5.41) is 11.3. The highest BCUT2D eigenvalue weighted by Gasteiger charge is 2.35. The summed E-state index contributed by atoms with van der Waals surface area (Å²) in [5.74, 6) is -0.329. The Morgan fingerprint density at radius 2 is 2.17 bits per heavy atom. The molecule has 1 fully saturated rings. The third-order valence-electron chi connectivity index (χ3n) is 4.26. The van der Waals surface area contributed by atoms with Crippen molar-refractivity contribution in [1.29, 1.82) is 0 Å². The van der Waals surface area contributed by atoms with Crippen molar-refractivity contribution in [2.75, 3.05) is 20.1 Å². The average Bonchev–Trinajstić information content (AvgIpc) is 2.35. The lowest BCUT2D eigenvalue weighted by molar-refractivity contribution is -0.889. The van der Waals surface area contributed by atoms with Crippen LogP contribution in [0.3, 0.4) is 0 Å². The van der Waals surface area contributed by atoms with E-state index < -0.39 is 5.97 Å². The molecule has 3 unspecified atom stereocenters. The molecule has 1 aliphatic heterocycles. The second-order valence-electron chi connectivity index (χ2n) is 5.57. The highest BCUT2D eigenvalue weighted by molar-refractivity contribution is 5.68. The number of aliphatic carboxylic acids is 1. The summed E-state index contributed by atoms with van der Waals surface area (Å²) in [4.78, 5) is 12.6. The van der Waals surface area contributed by atoms with Crippen molar-refractivity contribution in [2.24, 2.45) is 17.8 Å². The Hall–Kier alpha value is -0.830. The Morgan fingerprint density at radius 1 is 1.44 bits per heavy atom. The minimum atomic E-state index is -0.850. The van der Waals surface area contributed by atoms with Crippen LogP contribution in [0.1, 0.15) is 39.5 Å². The molecule has 18 heavy (non-hydrogen) atoms. The first-order valence-electron chi connectivity index (χ1n) is 7.27. The van der Waals surface area contributed by atoms with Gasteiger partial charge in [-0.25, -0.2) is 0 Å². The van der Waals surface area contributed by atoms with E-state index in [-0.39, 0.29) is 5.92 Å². The topological polar surface area (TPSA) is 44.6 Å². The van der Waals surface area contributed by atoms with E-state index in [1.807, 2.05) is 0 Å². The Kier molecular flexibility index (Phi) is 6.41. The second-order valence-corrected chi connectivity index (χ2v) is 5.57. The summed E-state index contributed by atoms with van der Waals surface area (Å²) < 4.78 is 0. The molecule has 0 bridgehead atoms. The fourth-order valence-electron chi connectivity index (χ4n) is 3.15. The molecule has 0 aromatic heterocycles. The van der Waals surface area contributed by atoms with Crippen LogP contribution in [0.25, 0.3) is 0 Å². The van der Waals surface area contributed by atoms with Gasteiger partial charge in [0.05, 0.1) is 32.0 Å². The number of hydrogen-bond donors (Lipinski definition) is 1. The number of allylic oxidation sites excluding steroid dienone is 2. The predicted octanol–water partition coefficient (Wildman–Crippen LogP) is 0.270. The third kappa shape index (κ3) is 4.13. The van der Waals surface area contributed by atoms with E-state index in [9.17, 15) is 9.90 Å². The van der Waals surface area contributed by atoms with E-state index >= 15 is 0 Å². The molecule has 0 amide bonds. The van der Waals surface area contributed by atoms with Gasteiger partial charge < -0.3 is 14.8 Å². The van der Waals surface area contributed by atoms with Crippen LogP contribution < -0.4 is 10.0 Å². The number of carbonyl (C=O) groups excluding carboxylic acids is 1. The van der Waals surface area contributed by atoms with E-state index in [2.05, 4.69) is 33.0 Å². The highest BCUT2D eigenvalue weighted by Crippen LogP contribution is 2.30. The monoisotopic (exact) mass is 253 g/mol. The summed E-state index contributed by atoms with van der Waals surface area (Å²) in [6.07, 6.45) is 8.53. The van der Waals surface area contributed by atoms with Crippen LogP contribution >= 0.6 is 0 Å². The van der Waals surface area contributed by atoms with Crippen LogP contribution in [-0.4, -0.2) is 26.1 Å². The largest absolute Gasteiger partial charge is 0.550 e. The lowest BCUT2D eigenvalue weighted by Crippen LogP contribution is -3.11. The van der Waals surface area contributed by atoms with Crippen LogP contribution in [0.4, 0.5) is 0 Å². The number of quaternary nitrogens is 1. The van der Waals surface area contributed by atoms with E-state index in [1.165, 1.54) is 4.90 Å². The Bertz CT molecular complexity index is 288. The van der Waals surface area contributed by atoms with Gasteiger partial charge in [-0.1, -0.05) is 32.4 Å². The van der Waals surface area contributed by atoms with Crippen LogP contribution in [0.2, 0.25) is 0 Å². The van der Waals surface area contributed by atoms with Crippen LogP contribution in [0.15, 0.2) is 12.2 Å². The number of piperidine rings is 1. The fourth-order valence-corrected chi connectivity index (χ4v) is 3.15. The van der Waals surface area contributed by atoms with Gasteiger partial charge in [-0.05, 0) is 24.7 Å². The van der Waals surface area contributed by atoms with Crippen LogP contribution in [0.5, 0.6) is 0 Å². The summed E-state index contributed by atoms with van der Waals surface area (Å²) in [7, 11) is 2.07. The number of rotatable bonds is 6. The molecule has 0 radical (unpaired) electrons. The van der Waals surface area contributed by atoms with Gasteiger partial charge >= 0.3 is 0 Å². The molecular weight excluding hydrogens is 226 g/mol. The Balaban J connectivity index is 2.69. The second kappa shape index (κ2) is 7.57. The Morgan fingerprint density at radius 3 is 2.72 bits per heavy atom. The predicted molar refractivity (Wildman–Crippen MR) is 71.1 cm³/mol. The molecule has 4 atom stereocenters. The summed E-state index contributed by atoms with van der Waals surface area (Å²) >= 11 is 0. The molecule has 0 saturated carbocycles. The van der Waals surface area contributed by atoms with Crippen molar-refractivity contribution in [1.82, 2.24) is 0 Å². The van der Waals surface area contributed by atoms with E-state index in [1.54, 1.807) is 0 Å². The quantitative estimate of drug-likeness (QED) is 0.691. The average molecular weight is 253 g/mol. The van der Waals surface area contributed by atoms with Crippen LogP contribution in [-0.2, 0) is 4.79 Å². The van der Waals surface area contributed by atoms with Crippen LogP contribution in [0, 0.1) is 17.8 Å². The standard InChI is InChI=1S/C15H27NO2/c1-4-6-7-8-12(5-2)13-9-10-16(3)11-14(13)15(17)18/h6-7,12-14H,4-5,8-11H2,1-3H3,(H,17,18)/t12-,13?,14?/m0/s1. The molecule has 1 saturated heterocycles. The number of nitrogens with one attached hydrogen (secondary N) is 1. The maximum Gasteiger partial charge on any atom is 0.0853 e. The van der Waals surface area contributed by atoms with Gasteiger partial charge in [-0.2, -0.15) is 0 Å². The number of carbonyl (C=O) groups is 1. The lowest BCUT2D eigenvalue weighted by atomic mass is 9.74. The van der Waals surface area contributed by atoms with Gasteiger partial charge in [0.2, 0.25) is 0 Å². The molecule has 3 heteroatoms. The summed E-state index contributed by atoms with van der Waals surface area (Å²) in [5.41, 5.74) is 0. The van der Waals surface area contributed by atoms with Crippen molar-refractivity contribution < 1.29 is 14.8 Å². The number of carboxylic acid groups (broad SMARTS) is 1. The highest BCUT2D eigenvalue weighted by atomic mass is 16.4. The molecule has 104 valence electrons. The van der Waals surface area contributed by atoms with Gasteiger partial charge in [0, 0.05) is 6.42 Å². The molecule has 1 N–H and O–H groups in total. The first kappa shape index (κ1) is 15.2. The number of likely N-dealkylation sites (tertiary alicyclic amines) is 1. The molecule has 0 aromatic carbocycles. The summed E-state index contributed by atoms with van der Waals surface area (Å²) in [6, 6.07) is 0. The SMILES string of the molecule is CCC=CC[C@H](CC)C1CC[NH+](C)CC1C(=O)[O-]. The zero-order chi connectivity index (χ0) is 13.5. The fraction of sp³-hybridized carbons (Fsp3) is 0.800. The number of carboxylic acids is 1. The molecule has 0 aliphatic carbocycles. The molecular formula is C15H27NO2. The minimum Gasteiger partial charge on any atom is -0.550 e. The summed E-state index contributed by atoms with van der Waals surface area (Å²) in [6.45, 7) is 6.10. The van der Waals surface area contributed by atoms with Crippen molar-refractivity contribution in [3.63, 3.8) is 0 Å². The van der Waals surface area contributed by atoms with Gasteiger partial charge in [-0.15, -0.1) is 0 Å². The van der Waals surface area contributed by atoms with E-state index in [4.69, 9.17) is 0 Å². The normalized spacial score (nSPS) is 30.5. The van der Waals surface area contributed by atoms with Crippen molar-refractivity contribution >= 4 is 5.97 Å². The zero-order valence-corrected chi connectivity index (χ0v) is 11.9. The maximum absolute atomic E-state index is 11.3. The maximum atomic E-state index is 11.3. The Labute approximate surface area is 111 Å². The molecule has 3 nitrogen and oxygen atoms in total. The smallest absolute Gasteiger partial charge is 0.0853 e. The molecule has 0 aromatic rings. The molecule has 1 aliphatic rings. The van der Waals surface area contributed by atoms with E-state index in [0.29, 0.717) is 11.8 Å². The molecule has 1 heterocycles. The van der Waals surface area contributed by atoms with Gasteiger partial charge in [0.15, 0.2) is 0 Å². The van der Waals surface area contributed by atoms with E-state index in [0.717, 1.165) is 38.8 Å². The third-order valence-corrected chi connectivity index (χ3v) is 4.26. The van der Waals surface area contributed by atoms with Crippen molar-refractivity contribution in [3.05, 3.63) is 12.2 Å². The number of hydrogen-bond acceptors (Lipinski definition) is 2. The van der Waals surface area contributed by atoms with Gasteiger partial charge in [0.1, 0.15) is 0 Å². The zero-order valence-electron chi connectivity index (χ0n) is 11.9. The molecule has 0 spiro atoms. The first-order valence-corrected chi connectivity index (χ1v) is 7.27. The minimum absolute atomic E-state index is 0.265. The first-order chi connectivity index (χ1) is 8.60. The molecule has 1 rings (SSSR count). The lowest BCUT2D eigenvalue weighted by Gasteiger charge is -2.39. The van der Waals surface area contributed by atoms with Gasteiger partial charge in [0.25, 0.3) is 0 Å².